The van der Waals surface area contributed by atoms with Crippen LogP contribution in [0.15, 0.2) is 48.5 Å². The fourth-order valence-corrected chi connectivity index (χ4v) is 2.96. The van der Waals surface area contributed by atoms with Crippen molar-refractivity contribution < 1.29 is 14.4 Å². The van der Waals surface area contributed by atoms with Crippen LogP contribution in [0.3, 0.4) is 0 Å². The first kappa shape index (κ1) is 22.7. The molecule has 2 aromatic rings. The van der Waals surface area contributed by atoms with Crippen LogP contribution in [0.1, 0.15) is 12.5 Å². The fraction of sp³-hybridized carbons (Fsp3) is 0.250. The van der Waals surface area contributed by atoms with Crippen molar-refractivity contribution in [3.05, 3.63) is 64.1 Å². The molecule has 2 aromatic carbocycles. The van der Waals surface area contributed by atoms with Crippen LogP contribution in [-0.2, 0) is 16.1 Å². The van der Waals surface area contributed by atoms with Gasteiger partial charge < -0.3 is 10.6 Å². The Kier molecular flexibility index (Phi) is 8.92. The molecule has 154 valence electrons. The number of imide groups is 1. The number of para-hydroxylation sites is 1. The number of anilines is 1. The van der Waals surface area contributed by atoms with E-state index in [1.165, 1.54) is 0 Å². The molecule has 0 aliphatic rings. The zero-order valence-corrected chi connectivity index (χ0v) is 17.4. The van der Waals surface area contributed by atoms with Gasteiger partial charge in [-0.3, -0.25) is 19.8 Å². The van der Waals surface area contributed by atoms with Crippen molar-refractivity contribution >= 4 is 46.7 Å². The number of rotatable bonds is 8. The molecule has 0 aliphatic heterocycles. The minimum atomic E-state index is -0.595. The zero-order chi connectivity index (χ0) is 21.2. The molecule has 29 heavy (non-hydrogen) atoms. The molecule has 0 fully saturated rings. The maximum Gasteiger partial charge on any atom is 0.321 e. The average molecular weight is 437 g/mol. The summed E-state index contributed by atoms with van der Waals surface area (Å²) in [6, 6.07) is 13.6. The van der Waals surface area contributed by atoms with E-state index in [0.717, 1.165) is 5.56 Å². The van der Waals surface area contributed by atoms with Gasteiger partial charge in [-0.05, 0) is 24.2 Å². The summed E-state index contributed by atoms with van der Waals surface area (Å²) in [7, 11) is 0. The number of nitrogens with one attached hydrogen (secondary N) is 3. The largest absolute Gasteiger partial charge is 0.334 e. The molecule has 0 saturated heterocycles. The summed E-state index contributed by atoms with van der Waals surface area (Å²) in [6.45, 7) is 2.37. The van der Waals surface area contributed by atoms with E-state index < -0.39 is 11.9 Å². The Morgan fingerprint density at radius 1 is 0.897 bits per heavy atom. The molecule has 2 rings (SSSR count). The first-order valence-corrected chi connectivity index (χ1v) is 9.72. The number of hydrogen-bond donors (Lipinski definition) is 3. The van der Waals surface area contributed by atoms with Crippen LogP contribution in [0.2, 0.25) is 10.0 Å². The second-order valence-electron chi connectivity index (χ2n) is 6.16. The van der Waals surface area contributed by atoms with Crippen LogP contribution in [0.4, 0.5) is 10.5 Å². The lowest BCUT2D eigenvalue weighted by Crippen LogP contribution is -2.45. The van der Waals surface area contributed by atoms with Crippen molar-refractivity contribution in [3.63, 3.8) is 0 Å². The lowest BCUT2D eigenvalue weighted by Gasteiger charge is -2.19. The molecule has 0 bridgehead atoms. The number of carbonyl (C=O) groups is 3. The normalized spacial score (nSPS) is 10.5. The van der Waals surface area contributed by atoms with Crippen LogP contribution in [-0.4, -0.2) is 42.4 Å². The molecule has 0 aromatic heterocycles. The number of carbonyl (C=O) groups excluding carboxylic acids is 3. The highest BCUT2D eigenvalue weighted by Crippen LogP contribution is 2.29. The van der Waals surface area contributed by atoms with E-state index in [4.69, 9.17) is 23.2 Å². The summed E-state index contributed by atoms with van der Waals surface area (Å²) in [5, 5.41) is 8.14. The number of nitrogens with zero attached hydrogens (tertiary/aromatic N) is 1. The van der Waals surface area contributed by atoms with E-state index in [0.29, 0.717) is 28.8 Å². The molecule has 0 aliphatic carbocycles. The maximum atomic E-state index is 12.3. The van der Waals surface area contributed by atoms with Gasteiger partial charge in [-0.15, -0.1) is 0 Å². The average Bonchev–Trinajstić information content (AvgIpc) is 2.69. The van der Waals surface area contributed by atoms with Crippen LogP contribution in [0.25, 0.3) is 0 Å². The van der Waals surface area contributed by atoms with Gasteiger partial charge in [0.15, 0.2) is 0 Å². The van der Waals surface area contributed by atoms with Crippen molar-refractivity contribution in [2.24, 2.45) is 0 Å². The first-order chi connectivity index (χ1) is 13.9. The summed E-state index contributed by atoms with van der Waals surface area (Å²) in [4.78, 5) is 37.8. The Labute approximate surface area is 179 Å². The van der Waals surface area contributed by atoms with Crippen LogP contribution >= 0.6 is 23.2 Å². The van der Waals surface area contributed by atoms with E-state index >= 15 is 0 Å². The highest BCUT2D eigenvalue weighted by Gasteiger charge is 2.16. The second kappa shape index (κ2) is 11.4. The summed E-state index contributed by atoms with van der Waals surface area (Å²) in [5.74, 6) is -0.885. The Bertz CT molecular complexity index is 842. The summed E-state index contributed by atoms with van der Waals surface area (Å²) in [6.07, 6.45) is 0. The number of hydrogen-bond acceptors (Lipinski definition) is 4. The lowest BCUT2D eigenvalue weighted by atomic mass is 10.2. The Morgan fingerprint density at radius 3 is 2.14 bits per heavy atom. The standard InChI is InChI=1S/C20H22Cl2N4O3/c1-2-26(12-17(27)24-19-15(21)9-6-10-16(19)22)13-18(28)25-20(29)23-11-14-7-4-3-5-8-14/h3-10H,2,11-13H2,1H3,(H,24,27)(H2,23,25,28,29). The maximum absolute atomic E-state index is 12.3. The third-order valence-corrected chi connectivity index (χ3v) is 4.59. The molecule has 3 N–H and O–H groups in total. The molecular formula is C20H22Cl2N4O3. The summed E-state index contributed by atoms with van der Waals surface area (Å²) < 4.78 is 0. The number of amides is 4. The van der Waals surface area contributed by atoms with Gasteiger partial charge in [-0.2, -0.15) is 0 Å². The van der Waals surface area contributed by atoms with E-state index in [-0.39, 0.29) is 19.0 Å². The van der Waals surface area contributed by atoms with Gasteiger partial charge in [-0.25, -0.2) is 4.79 Å². The highest BCUT2D eigenvalue weighted by molar-refractivity contribution is 6.39. The molecule has 0 heterocycles. The molecule has 0 radical (unpaired) electrons. The second-order valence-corrected chi connectivity index (χ2v) is 6.98. The number of likely N-dealkylation sites (N-methyl/N-ethyl adjacent to an activating group) is 1. The Balaban J connectivity index is 1.79. The topological polar surface area (TPSA) is 90.5 Å². The van der Waals surface area contributed by atoms with E-state index in [1.54, 1.807) is 30.0 Å². The van der Waals surface area contributed by atoms with Gasteiger partial charge >= 0.3 is 6.03 Å². The van der Waals surface area contributed by atoms with E-state index in [9.17, 15) is 14.4 Å². The van der Waals surface area contributed by atoms with Crippen molar-refractivity contribution in [3.8, 4) is 0 Å². The zero-order valence-electron chi connectivity index (χ0n) is 15.9. The third-order valence-electron chi connectivity index (χ3n) is 3.96. The van der Waals surface area contributed by atoms with Crippen molar-refractivity contribution in [1.29, 1.82) is 0 Å². The molecule has 7 nitrogen and oxygen atoms in total. The smallest absolute Gasteiger partial charge is 0.321 e. The predicted octanol–water partition coefficient (Wildman–Crippen LogP) is 3.28. The molecule has 0 saturated carbocycles. The van der Waals surface area contributed by atoms with Gasteiger partial charge in [-0.1, -0.05) is 66.5 Å². The van der Waals surface area contributed by atoms with Crippen LogP contribution in [0, 0.1) is 0 Å². The van der Waals surface area contributed by atoms with Gasteiger partial charge in [0.05, 0.1) is 28.8 Å². The van der Waals surface area contributed by atoms with E-state index in [2.05, 4.69) is 16.0 Å². The monoisotopic (exact) mass is 436 g/mol. The molecule has 0 spiro atoms. The van der Waals surface area contributed by atoms with Crippen LogP contribution < -0.4 is 16.0 Å². The number of halogens is 2. The minimum absolute atomic E-state index is 0.0584. The van der Waals surface area contributed by atoms with Crippen molar-refractivity contribution in [2.75, 3.05) is 25.0 Å². The van der Waals surface area contributed by atoms with Gasteiger partial charge in [0.2, 0.25) is 11.8 Å². The third kappa shape index (κ3) is 7.73. The first-order valence-electron chi connectivity index (χ1n) is 8.97. The minimum Gasteiger partial charge on any atom is -0.334 e. The van der Waals surface area contributed by atoms with E-state index in [1.807, 2.05) is 30.3 Å². The quantitative estimate of drug-likeness (QED) is 0.591. The molecule has 9 heteroatoms. The van der Waals surface area contributed by atoms with Gasteiger partial charge in [0, 0.05) is 6.54 Å². The van der Waals surface area contributed by atoms with Gasteiger partial charge in [0.25, 0.3) is 0 Å². The number of urea groups is 1. The fourth-order valence-electron chi connectivity index (χ4n) is 2.47. The molecule has 0 atom stereocenters. The van der Waals surface area contributed by atoms with Crippen LogP contribution in [0.5, 0.6) is 0 Å². The Morgan fingerprint density at radius 2 is 1.52 bits per heavy atom. The number of benzene rings is 2. The highest BCUT2D eigenvalue weighted by atomic mass is 35.5. The molecule has 4 amide bonds. The van der Waals surface area contributed by atoms with Crippen molar-refractivity contribution in [2.45, 2.75) is 13.5 Å². The summed E-state index contributed by atoms with van der Waals surface area (Å²) in [5.41, 5.74) is 1.24. The predicted molar refractivity (Wildman–Crippen MR) is 114 cm³/mol. The molecular weight excluding hydrogens is 415 g/mol. The van der Waals surface area contributed by atoms with Gasteiger partial charge in [0.1, 0.15) is 0 Å². The van der Waals surface area contributed by atoms with Crippen molar-refractivity contribution in [1.82, 2.24) is 15.5 Å². The lowest BCUT2D eigenvalue weighted by molar-refractivity contribution is -0.122. The molecule has 0 unspecified atom stereocenters. The summed E-state index contributed by atoms with van der Waals surface area (Å²) >= 11 is 12.1. The SMILES string of the molecule is CCN(CC(=O)NC(=O)NCc1ccccc1)CC(=O)Nc1c(Cl)cccc1Cl. The Hall–Kier alpha value is -2.61.